The molecule has 0 unspecified atom stereocenters. The van der Waals surface area contributed by atoms with Crippen LogP contribution in [0.2, 0.25) is 0 Å². The van der Waals surface area contributed by atoms with E-state index >= 15 is 0 Å². The first-order valence-corrected chi connectivity index (χ1v) is 9.48. The summed E-state index contributed by atoms with van der Waals surface area (Å²) in [5.74, 6) is -3.10. The normalized spacial score (nSPS) is 23.0. The van der Waals surface area contributed by atoms with Crippen molar-refractivity contribution in [3.63, 3.8) is 0 Å². The zero-order valence-corrected chi connectivity index (χ0v) is 15.1. The molecule has 148 valence electrons. The van der Waals surface area contributed by atoms with E-state index in [0.29, 0.717) is 31.4 Å². The monoisotopic (exact) mass is 381 g/mol. The lowest BCUT2D eigenvalue weighted by Crippen LogP contribution is -2.41. The van der Waals surface area contributed by atoms with Crippen LogP contribution in [0, 0.1) is 17.6 Å². The molecule has 0 atom stereocenters. The smallest absolute Gasteiger partial charge is 0.319 e. The lowest BCUT2D eigenvalue weighted by Gasteiger charge is -2.31. The van der Waals surface area contributed by atoms with Gasteiger partial charge < -0.3 is 20.6 Å². The van der Waals surface area contributed by atoms with Crippen molar-refractivity contribution >= 4 is 23.4 Å². The molecule has 27 heavy (non-hydrogen) atoms. The second kappa shape index (κ2) is 8.54. The number of carbonyl (C=O) groups is 2. The quantitative estimate of drug-likeness (QED) is 0.742. The summed E-state index contributed by atoms with van der Waals surface area (Å²) in [6.07, 6.45) is 5.24. The topological polar surface area (TPSA) is 81.7 Å². The van der Waals surface area contributed by atoms with Crippen LogP contribution >= 0.6 is 0 Å². The summed E-state index contributed by atoms with van der Waals surface area (Å²) < 4.78 is 27.5. The molecule has 1 aliphatic carbocycles. The number of nitrogens with zero attached hydrogens (tertiary/aromatic N) is 1. The minimum Gasteiger partial charge on any atom is -0.481 e. The van der Waals surface area contributed by atoms with Gasteiger partial charge in [-0.05, 0) is 44.9 Å². The van der Waals surface area contributed by atoms with Gasteiger partial charge in [0.1, 0.15) is 0 Å². The molecule has 2 amide bonds. The van der Waals surface area contributed by atoms with Gasteiger partial charge in [-0.15, -0.1) is 0 Å². The maximum Gasteiger partial charge on any atom is 0.319 e. The summed E-state index contributed by atoms with van der Waals surface area (Å²) in [4.78, 5) is 25.3. The zero-order valence-electron chi connectivity index (χ0n) is 15.1. The molecule has 1 aromatic rings. The summed E-state index contributed by atoms with van der Waals surface area (Å²) in [7, 11) is 0. The molecule has 3 rings (SSSR count). The number of hydrogen-bond acceptors (Lipinski definition) is 3. The Hall–Kier alpha value is -2.38. The van der Waals surface area contributed by atoms with E-state index in [1.165, 1.54) is 0 Å². The van der Waals surface area contributed by atoms with Gasteiger partial charge in [0.15, 0.2) is 11.6 Å². The number of amides is 2. The Morgan fingerprint density at radius 1 is 1.00 bits per heavy atom. The molecule has 1 saturated carbocycles. The number of carbonyl (C=O) groups excluding carboxylic acids is 1. The summed E-state index contributed by atoms with van der Waals surface area (Å²) in [5.41, 5.74) is 0.728. The number of halogens is 2. The van der Waals surface area contributed by atoms with Crippen molar-refractivity contribution in [1.82, 2.24) is 5.32 Å². The number of anilines is 2. The summed E-state index contributed by atoms with van der Waals surface area (Å²) >= 11 is 0. The fourth-order valence-corrected chi connectivity index (χ4v) is 3.86. The first kappa shape index (κ1) is 19.4. The highest BCUT2D eigenvalue weighted by Gasteiger charge is 2.27. The second-order valence-electron chi connectivity index (χ2n) is 7.32. The molecule has 6 nitrogen and oxygen atoms in total. The van der Waals surface area contributed by atoms with Crippen LogP contribution in [-0.4, -0.2) is 36.2 Å². The molecule has 0 spiro atoms. The van der Waals surface area contributed by atoms with Gasteiger partial charge in [-0.25, -0.2) is 13.6 Å². The van der Waals surface area contributed by atoms with Crippen molar-refractivity contribution in [3.05, 3.63) is 23.8 Å². The van der Waals surface area contributed by atoms with Crippen LogP contribution in [0.5, 0.6) is 0 Å². The number of hydrogen-bond donors (Lipinski definition) is 3. The molecule has 3 N–H and O–H groups in total. The van der Waals surface area contributed by atoms with Gasteiger partial charge in [-0.1, -0.05) is 0 Å². The van der Waals surface area contributed by atoms with Gasteiger partial charge in [0.05, 0.1) is 17.3 Å². The number of nitrogens with one attached hydrogen (secondary N) is 2. The molecule has 1 aliphatic heterocycles. The molecule has 0 radical (unpaired) electrons. The molecule has 0 bridgehead atoms. The average molecular weight is 381 g/mol. The van der Waals surface area contributed by atoms with E-state index in [9.17, 15) is 18.4 Å². The van der Waals surface area contributed by atoms with Crippen molar-refractivity contribution < 1.29 is 23.5 Å². The first-order valence-electron chi connectivity index (χ1n) is 9.48. The van der Waals surface area contributed by atoms with E-state index < -0.39 is 23.6 Å². The van der Waals surface area contributed by atoms with Gasteiger partial charge in [0.2, 0.25) is 0 Å². The number of urea groups is 1. The number of carboxylic acid groups (broad SMARTS) is 1. The number of rotatable bonds is 4. The number of aliphatic carboxylic acids is 1. The molecule has 1 saturated heterocycles. The van der Waals surface area contributed by atoms with Gasteiger partial charge in [0.25, 0.3) is 0 Å². The highest BCUT2D eigenvalue weighted by atomic mass is 19.2. The van der Waals surface area contributed by atoms with Gasteiger partial charge in [-0.3, -0.25) is 4.79 Å². The molecule has 0 aromatic heterocycles. The maximum atomic E-state index is 13.7. The third-order valence-electron chi connectivity index (χ3n) is 5.40. The van der Waals surface area contributed by atoms with Gasteiger partial charge >= 0.3 is 12.0 Å². The molecular formula is C19H25F2N3O3. The minimum absolute atomic E-state index is 0.121. The van der Waals surface area contributed by atoms with E-state index in [1.54, 1.807) is 0 Å². The third kappa shape index (κ3) is 4.87. The first-order chi connectivity index (χ1) is 12.9. The van der Waals surface area contributed by atoms with E-state index in [1.807, 2.05) is 4.90 Å². The lowest BCUT2D eigenvalue weighted by molar-refractivity contribution is -0.142. The molecule has 8 heteroatoms. The minimum atomic E-state index is -1.01. The van der Waals surface area contributed by atoms with Crippen LogP contribution < -0.4 is 15.5 Å². The van der Waals surface area contributed by atoms with E-state index in [-0.39, 0.29) is 17.6 Å². The van der Waals surface area contributed by atoms with Crippen LogP contribution in [-0.2, 0) is 4.79 Å². The zero-order chi connectivity index (χ0) is 19.4. The third-order valence-corrected chi connectivity index (χ3v) is 5.40. The number of benzene rings is 1. The molecule has 2 fully saturated rings. The highest BCUT2D eigenvalue weighted by molar-refractivity contribution is 5.93. The Morgan fingerprint density at radius 2 is 1.63 bits per heavy atom. The molecular weight excluding hydrogens is 356 g/mol. The number of carboxylic acids is 1. The highest BCUT2D eigenvalue weighted by Crippen LogP contribution is 2.31. The molecule has 1 heterocycles. The van der Waals surface area contributed by atoms with Crippen LogP contribution in [0.4, 0.5) is 25.0 Å². The van der Waals surface area contributed by atoms with Crippen LogP contribution in [0.25, 0.3) is 0 Å². The Kier molecular flexibility index (Phi) is 6.13. The van der Waals surface area contributed by atoms with Crippen LogP contribution in [0.15, 0.2) is 12.1 Å². The van der Waals surface area contributed by atoms with E-state index in [4.69, 9.17) is 5.11 Å². The lowest BCUT2D eigenvalue weighted by atomic mass is 9.86. The fourth-order valence-electron chi connectivity index (χ4n) is 3.86. The van der Waals surface area contributed by atoms with Crippen molar-refractivity contribution in [2.24, 2.45) is 5.92 Å². The van der Waals surface area contributed by atoms with E-state index in [2.05, 4.69) is 10.6 Å². The SMILES string of the molecule is O=C(Nc1cc(F)c(F)cc1N1CCCCC1)NC1CCC(C(=O)O)CC1. The fraction of sp³-hybridized carbons (Fsp3) is 0.579. The van der Waals surface area contributed by atoms with Gasteiger partial charge in [0, 0.05) is 31.3 Å². The number of piperidine rings is 1. The Bertz CT molecular complexity index is 700. The Labute approximate surface area is 156 Å². The van der Waals surface area contributed by atoms with Crippen LogP contribution in [0.1, 0.15) is 44.9 Å². The summed E-state index contributed by atoms with van der Waals surface area (Å²) in [6.45, 7) is 1.47. The average Bonchev–Trinajstić information content (AvgIpc) is 2.65. The summed E-state index contributed by atoms with van der Waals surface area (Å²) in [5, 5.41) is 14.5. The van der Waals surface area contributed by atoms with E-state index in [0.717, 1.165) is 44.5 Å². The molecule has 2 aliphatic rings. The van der Waals surface area contributed by atoms with Crippen LogP contribution in [0.3, 0.4) is 0 Å². The summed E-state index contributed by atoms with van der Waals surface area (Å²) in [6, 6.07) is 1.54. The van der Waals surface area contributed by atoms with Crippen molar-refractivity contribution in [2.45, 2.75) is 51.0 Å². The Balaban J connectivity index is 1.65. The van der Waals surface area contributed by atoms with Crippen molar-refractivity contribution in [1.29, 1.82) is 0 Å². The predicted octanol–water partition coefficient (Wildman–Crippen LogP) is 3.72. The maximum absolute atomic E-state index is 13.7. The van der Waals surface area contributed by atoms with Crippen molar-refractivity contribution in [2.75, 3.05) is 23.3 Å². The molecule has 1 aromatic carbocycles. The predicted molar refractivity (Wildman–Crippen MR) is 98.0 cm³/mol. The Morgan fingerprint density at radius 3 is 2.26 bits per heavy atom. The largest absolute Gasteiger partial charge is 0.481 e. The second-order valence-corrected chi connectivity index (χ2v) is 7.32. The van der Waals surface area contributed by atoms with Crippen molar-refractivity contribution in [3.8, 4) is 0 Å². The standard InChI is InChI=1S/C19H25F2N3O3/c20-14-10-16(17(11-15(14)21)24-8-2-1-3-9-24)23-19(27)22-13-6-4-12(5-7-13)18(25)26/h10-13H,1-9H2,(H,25,26)(H2,22,23,27). The van der Waals surface area contributed by atoms with Gasteiger partial charge in [-0.2, -0.15) is 0 Å².